The van der Waals surface area contributed by atoms with E-state index in [1.54, 1.807) is 12.1 Å². The Morgan fingerprint density at radius 2 is 2.14 bits per heavy atom. The summed E-state index contributed by atoms with van der Waals surface area (Å²) in [6, 6.07) is 3.22. The van der Waals surface area contributed by atoms with Crippen molar-refractivity contribution in [1.29, 1.82) is 0 Å². The van der Waals surface area contributed by atoms with Crippen LogP contribution in [0, 0.1) is 0 Å². The molecule has 0 atom stereocenters. The molecule has 1 aromatic carbocycles. The van der Waals surface area contributed by atoms with E-state index in [1.807, 2.05) is 0 Å². The summed E-state index contributed by atoms with van der Waals surface area (Å²) in [5.41, 5.74) is 0.144. The summed E-state index contributed by atoms with van der Waals surface area (Å²) in [6.07, 6.45) is -2.59. The Labute approximate surface area is 91.4 Å². The number of aromatic amines is 1. The number of rotatable bonds is 1. The zero-order chi connectivity index (χ0) is 10.3. The third-order valence-corrected chi connectivity index (χ3v) is 2.82. The monoisotopic (exact) mass is 280 g/mol. The van der Waals surface area contributed by atoms with E-state index in [9.17, 15) is 8.78 Å². The highest BCUT2D eigenvalue weighted by atomic mass is 79.9. The summed E-state index contributed by atoms with van der Waals surface area (Å²) in [4.78, 5) is 0. The Kier molecular flexibility index (Phi) is 2.45. The van der Waals surface area contributed by atoms with Crippen molar-refractivity contribution >= 4 is 38.4 Å². The largest absolute Gasteiger partial charge is 0.280 e. The van der Waals surface area contributed by atoms with Crippen LogP contribution in [0.5, 0.6) is 0 Å². The maximum atomic E-state index is 12.5. The van der Waals surface area contributed by atoms with Crippen molar-refractivity contribution in [3.63, 3.8) is 0 Å². The molecule has 0 radical (unpaired) electrons. The van der Waals surface area contributed by atoms with Gasteiger partial charge in [0.15, 0.2) is 0 Å². The van der Waals surface area contributed by atoms with Crippen molar-refractivity contribution in [3.05, 3.63) is 27.3 Å². The van der Waals surface area contributed by atoms with Crippen molar-refractivity contribution < 1.29 is 8.78 Å². The molecule has 74 valence electrons. The normalized spacial score (nSPS) is 11.5. The summed E-state index contributed by atoms with van der Waals surface area (Å²) in [6.45, 7) is 0. The number of halogens is 4. The minimum Gasteiger partial charge on any atom is -0.275 e. The second-order valence-electron chi connectivity index (χ2n) is 2.69. The first-order valence-corrected chi connectivity index (χ1v) is 4.88. The highest BCUT2D eigenvalue weighted by molar-refractivity contribution is 9.10. The van der Waals surface area contributed by atoms with E-state index >= 15 is 0 Å². The predicted molar refractivity (Wildman–Crippen MR) is 53.8 cm³/mol. The van der Waals surface area contributed by atoms with Crippen molar-refractivity contribution in [3.8, 4) is 0 Å². The van der Waals surface area contributed by atoms with Crippen LogP contribution in [0.1, 0.15) is 12.1 Å². The second-order valence-corrected chi connectivity index (χ2v) is 3.95. The van der Waals surface area contributed by atoms with E-state index < -0.39 is 6.43 Å². The fourth-order valence-corrected chi connectivity index (χ4v) is 1.97. The van der Waals surface area contributed by atoms with Gasteiger partial charge in [-0.1, -0.05) is 27.5 Å². The highest BCUT2D eigenvalue weighted by Gasteiger charge is 2.18. The number of alkyl halides is 2. The lowest BCUT2D eigenvalue weighted by Gasteiger charge is -1.98. The molecule has 2 rings (SSSR count). The number of nitrogens with one attached hydrogen (secondary N) is 1. The maximum Gasteiger partial charge on any atom is 0.280 e. The van der Waals surface area contributed by atoms with Gasteiger partial charge in [-0.3, -0.25) is 5.10 Å². The standard InChI is InChI=1S/C8H4BrClF2N2/c9-3-1-2-4(10)6-5(3)7(8(11)12)14-13-6/h1-2,8H,(H,13,14). The van der Waals surface area contributed by atoms with E-state index in [2.05, 4.69) is 26.1 Å². The minimum absolute atomic E-state index is 0.214. The molecular formula is C8H4BrClF2N2. The number of benzene rings is 1. The van der Waals surface area contributed by atoms with Gasteiger partial charge in [-0.15, -0.1) is 0 Å². The molecule has 1 heterocycles. The van der Waals surface area contributed by atoms with Crippen LogP contribution >= 0.6 is 27.5 Å². The van der Waals surface area contributed by atoms with Crippen molar-refractivity contribution in [2.24, 2.45) is 0 Å². The molecular weight excluding hydrogens is 277 g/mol. The van der Waals surface area contributed by atoms with E-state index in [0.717, 1.165) is 0 Å². The molecule has 0 spiro atoms. The van der Waals surface area contributed by atoms with Gasteiger partial charge < -0.3 is 0 Å². The van der Waals surface area contributed by atoms with Gasteiger partial charge in [0.05, 0.1) is 5.02 Å². The van der Waals surface area contributed by atoms with E-state index in [4.69, 9.17) is 11.6 Å². The molecule has 0 aliphatic carbocycles. The van der Waals surface area contributed by atoms with Crippen LogP contribution in [0.3, 0.4) is 0 Å². The summed E-state index contributed by atoms with van der Waals surface area (Å²) in [5, 5.41) is 6.71. The summed E-state index contributed by atoms with van der Waals surface area (Å²) >= 11 is 8.98. The van der Waals surface area contributed by atoms with Gasteiger partial charge in [0.2, 0.25) is 0 Å². The van der Waals surface area contributed by atoms with Gasteiger partial charge in [-0.2, -0.15) is 5.10 Å². The van der Waals surface area contributed by atoms with Crippen LogP contribution in [0.2, 0.25) is 5.02 Å². The average molecular weight is 281 g/mol. The molecule has 0 aliphatic heterocycles. The van der Waals surface area contributed by atoms with Crippen LogP contribution in [-0.2, 0) is 0 Å². The Balaban J connectivity index is 2.84. The Bertz CT molecular complexity index is 483. The molecule has 1 aromatic heterocycles. The van der Waals surface area contributed by atoms with Crippen LogP contribution in [0.25, 0.3) is 10.9 Å². The number of hydrogen-bond acceptors (Lipinski definition) is 1. The van der Waals surface area contributed by atoms with Crippen molar-refractivity contribution in [2.45, 2.75) is 6.43 Å². The predicted octanol–water partition coefficient (Wildman–Crippen LogP) is 3.92. The Morgan fingerprint density at radius 3 is 2.79 bits per heavy atom. The molecule has 6 heteroatoms. The number of aromatic nitrogens is 2. The second kappa shape index (κ2) is 3.47. The van der Waals surface area contributed by atoms with Gasteiger partial charge in [-0.05, 0) is 12.1 Å². The third kappa shape index (κ3) is 1.40. The van der Waals surface area contributed by atoms with Gasteiger partial charge in [-0.25, -0.2) is 8.78 Å². The maximum absolute atomic E-state index is 12.5. The van der Waals surface area contributed by atoms with Crippen LogP contribution in [0.4, 0.5) is 8.78 Å². The van der Waals surface area contributed by atoms with Crippen molar-refractivity contribution in [1.82, 2.24) is 10.2 Å². The third-order valence-electron chi connectivity index (χ3n) is 1.85. The fraction of sp³-hybridized carbons (Fsp3) is 0.125. The first kappa shape index (κ1) is 9.86. The summed E-state index contributed by atoms with van der Waals surface area (Å²) in [5.74, 6) is 0. The molecule has 0 unspecified atom stereocenters. The lowest BCUT2D eigenvalue weighted by molar-refractivity contribution is 0.147. The quantitative estimate of drug-likeness (QED) is 0.843. The number of hydrogen-bond donors (Lipinski definition) is 1. The van der Waals surface area contributed by atoms with Crippen molar-refractivity contribution in [2.75, 3.05) is 0 Å². The molecule has 0 saturated heterocycles. The van der Waals surface area contributed by atoms with Crippen LogP contribution in [-0.4, -0.2) is 10.2 Å². The molecule has 0 saturated carbocycles. The first-order chi connectivity index (χ1) is 6.61. The molecule has 0 fully saturated rings. The highest BCUT2D eigenvalue weighted by Crippen LogP contribution is 2.34. The fourth-order valence-electron chi connectivity index (χ4n) is 1.24. The number of H-pyrrole nitrogens is 1. The molecule has 14 heavy (non-hydrogen) atoms. The zero-order valence-corrected chi connectivity index (χ0v) is 9.03. The SMILES string of the molecule is FC(F)c1[nH]nc2c(Cl)ccc(Br)c12. The van der Waals surface area contributed by atoms with E-state index in [1.165, 1.54) is 0 Å². The lowest BCUT2D eigenvalue weighted by atomic mass is 10.2. The minimum atomic E-state index is -2.59. The van der Waals surface area contributed by atoms with Crippen LogP contribution < -0.4 is 0 Å². The Hall–Kier alpha value is -0.680. The topological polar surface area (TPSA) is 28.7 Å². The molecule has 0 aliphatic rings. The summed E-state index contributed by atoms with van der Waals surface area (Å²) in [7, 11) is 0. The number of nitrogens with zero attached hydrogens (tertiary/aromatic N) is 1. The lowest BCUT2D eigenvalue weighted by Crippen LogP contribution is -1.84. The molecule has 1 N–H and O–H groups in total. The first-order valence-electron chi connectivity index (χ1n) is 3.71. The molecule has 2 aromatic rings. The van der Waals surface area contributed by atoms with E-state index in [-0.39, 0.29) is 5.69 Å². The van der Waals surface area contributed by atoms with Gasteiger partial charge in [0.25, 0.3) is 6.43 Å². The molecule has 0 amide bonds. The smallest absolute Gasteiger partial charge is 0.275 e. The van der Waals surface area contributed by atoms with Gasteiger partial charge >= 0.3 is 0 Å². The summed E-state index contributed by atoms with van der Waals surface area (Å²) < 4.78 is 25.6. The van der Waals surface area contributed by atoms with Crippen LogP contribution in [0.15, 0.2) is 16.6 Å². The van der Waals surface area contributed by atoms with E-state index in [0.29, 0.717) is 20.4 Å². The van der Waals surface area contributed by atoms with Gasteiger partial charge in [0, 0.05) is 9.86 Å². The average Bonchev–Trinajstić information content (AvgIpc) is 2.56. The Morgan fingerprint density at radius 1 is 1.43 bits per heavy atom. The zero-order valence-electron chi connectivity index (χ0n) is 6.69. The number of fused-ring (bicyclic) bond motifs is 1. The molecule has 0 bridgehead atoms. The molecule has 2 nitrogen and oxygen atoms in total. The van der Waals surface area contributed by atoms with Gasteiger partial charge in [0.1, 0.15) is 11.2 Å².